The van der Waals surface area contributed by atoms with Gasteiger partial charge in [0.05, 0.1) is 6.20 Å². The highest BCUT2D eigenvalue weighted by Gasteiger charge is 2.22. The molecule has 144 valence electrons. The minimum Gasteiger partial charge on any atom is -0.368 e. The van der Waals surface area contributed by atoms with Gasteiger partial charge in [0.1, 0.15) is 11.9 Å². The Labute approximate surface area is 154 Å². The van der Waals surface area contributed by atoms with Crippen molar-refractivity contribution in [3.8, 4) is 0 Å². The van der Waals surface area contributed by atoms with Gasteiger partial charge in [-0.2, -0.15) is 0 Å². The molecule has 1 atom stereocenters. The van der Waals surface area contributed by atoms with Gasteiger partial charge in [0.15, 0.2) is 11.5 Å². The number of nitrogens with two attached hydrogens (primary N) is 2. The molecule has 6 N–H and O–H groups in total. The molecule has 1 heterocycles. The van der Waals surface area contributed by atoms with Crippen molar-refractivity contribution in [3.63, 3.8) is 0 Å². The number of amides is 2. The van der Waals surface area contributed by atoms with E-state index in [1.54, 1.807) is 6.07 Å². The molecule has 1 aromatic heterocycles. The lowest BCUT2D eigenvalue weighted by molar-refractivity contribution is -0.119. The van der Waals surface area contributed by atoms with Crippen LogP contribution < -0.4 is 22.1 Å². The maximum Gasteiger partial charge on any atom is 0.271 e. The summed E-state index contributed by atoms with van der Waals surface area (Å²) in [6, 6.07) is 4.15. The second-order valence-electron chi connectivity index (χ2n) is 5.97. The van der Waals surface area contributed by atoms with Crippen LogP contribution in [-0.4, -0.2) is 34.2 Å². The zero-order valence-corrected chi connectivity index (χ0v) is 14.8. The Morgan fingerprint density at radius 3 is 2.44 bits per heavy atom. The van der Waals surface area contributed by atoms with Crippen molar-refractivity contribution in [2.24, 2.45) is 11.5 Å². The Bertz CT molecular complexity index is 859. The summed E-state index contributed by atoms with van der Waals surface area (Å²) in [5.74, 6) is -1.76. The fraction of sp³-hybridized carbons (Fsp3) is 0.294. The molecule has 2 rings (SSSR count). The summed E-state index contributed by atoms with van der Waals surface area (Å²) in [6.07, 6.45) is -2.40. The van der Waals surface area contributed by atoms with Crippen molar-refractivity contribution in [1.82, 2.24) is 9.97 Å². The highest BCUT2D eigenvalue weighted by molar-refractivity contribution is 5.96. The van der Waals surface area contributed by atoms with Crippen LogP contribution in [0.2, 0.25) is 0 Å². The standard InChI is InChI=1S/C17H20F2N6O2/c1-8-3-4-10(5-9(8)2)23-17-14(16(21)27)22-7-13(25-17)24-11(15(20)26)6-12(18)19/h3-5,7,11-12H,6H2,1-2H3,(H2,20,26)(H2,21,27)(H2,23,24,25)/t11-/m1/s1. The van der Waals surface area contributed by atoms with Crippen LogP contribution in [0.25, 0.3) is 0 Å². The van der Waals surface area contributed by atoms with E-state index >= 15 is 0 Å². The van der Waals surface area contributed by atoms with Crippen LogP contribution >= 0.6 is 0 Å². The largest absolute Gasteiger partial charge is 0.368 e. The molecule has 2 aromatic rings. The van der Waals surface area contributed by atoms with Crippen molar-refractivity contribution in [2.75, 3.05) is 10.6 Å². The summed E-state index contributed by atoms with van der Waals surface area (Å²) in [5.41, 5.74) is 13.0. The van der Waals surface area contributed by atoms with Crippen LogP contribution in [0.4, 0.5) is 26.1 Å². The Balaban J connectivity index is 2.34. The molecule has 0 unspecified atom stereocenters. The third-order valence-electron chi connectivity index (χ3n) is 3.85. The molecule has 8 nitrogen and oxygen atoms in total. The van der Waals surface area contributed by atoms with E-state index in [0.29, 0.717) is 5.69 Å². The van der Waals surface area contributed by atoms with Crippen molar-refractivity contribution >= 4 is 29.1 Å². The number of alkyl halides is 2. The first-order chi connectivity index (χ1) is 12.7. The fourth-order valence-electron chi connectivity index (χ4n) is 2.28. The Morgan fingerprint density at radius 1 is 1.19 bits per heavy atom. The summed E-state index contributed by atoms with van der Waals surface area (Å²) >= 11 is 0. The number of carbonyl (C=O) groups is 2. The zero-order valence-electron chi connectivity index (χ0n) is 14.8. The predicted octanol–water partition coefficient (Wildman–Crippen LogP) is 1.86. The maximum absolute atomic E-state index is 12.6. The van der Waals surface area contributed by atoms with Gasteiger partial charge in [-0.1, -0.05) is 6.07 Å². The Kier molecular flexibility index (Phi) is 6.22. The number of carbonyl (C=O) groups excluding carboxylic acids is 2. The zero-order chi connectivity index (χ0) is 20.1. The fourth-order valence-corrected chi connectivity index (χ4v) is 2.28. The van der Waals surface area contributed by atoms with E-state index in [-0.39, 0.29) is 17.3 Å². The Hall–Kier alpha value is -3.30. The van der Waals surface area contributed by atoms with Crippen LogP contribution in [0.5, 0.6) is 0 Å². The van der Waals surface area contributed by atoms with Gasteiger partial charge in [0, 0.05) is 12.1 Å². The van der Waals surface area contributed by atoms with Crippen molar-refractivity contribution < 1.29 is 18.4 Å². The molecule has 10 heteroatoms. The smallest absolute Gasteiger partial charge is 0.271 e. The minimum atomic E-state index is -2.74. The van der Waals surface area contributed by atoms with Gasteiger partial charge in [-0.15, -0.1) is 0 Å². The van der Waals surface area contributed by atoms with E-state index in [9.17, 15) is 18.4 Å². The second-order valence-corrected chi connectivity index (χ2v) is 5.97. The van der Waals surface area contributed by atoms with E-state index in [0.717, 1.165) is 17.3 Å². The summed E-state index contributed by atoms with van der Waals surface area (Å²) in [4.78, 5) is 31.0. The van der Waals surface area contributed by atoms with Gasteiger partial charge in [0.2, 0.25) is 12.3 Å². The van der Waals surface area contributed by atoms with E-state index in [1.165, 1.54) is 0 Å². The first kappa shape index (κ1) is 20.0. The Morgan fingerprint density at radius 2 is 1.89 bits per heavy atom. The molecule has 0 aliphatic rings. The number of primary amides is 2. The van der Waals surface area contributed by atoms with Gasteiger partial charge in [-0.3, -0.25) is 9.59 Å². The quantitative estimate of drug-likeness (QED) is 0.553. The number of aryl methyl sites for hydroxylation is 2. The SMILES string of the molecule is Cc1ccc(Nc2nc(N[C@H](CC(F)F)C(N)=O)cnc2C(N)=O)cc1C. The number of nitrogens with one attached hydrogen (secondary N) is 2. The highest BCUT2D eigenvalue weighted by Crippen LogP contribution is 2.22. The lowest BCUT2D eigenvalue weighted by Gasteiger charge is -2.17. The molecule has 0 fully saturated rings. The molecule has 0 saturated carbocycles. The molecule has 0 spiro atoms. The normalized spacial score (nSPS) is 11.9. The molecule has 27 heavy (non-hydrogen) atoms. The molecule has 2 amide bonds. The third kappa shape index (κ3) is 5.33. The second kappa shape index (κ2) is 8.39. The van der Waals surface area contributed by atoms with Crippen LogP contribution in [0.1, 0.15) is 28.0 Å². The first-order valence-electron chi connectivity index (χ1n) is 8.02. The molecule has 0 aliphatic carbocycles. The number of benzene rings is 1. The number of aromatic nitrogens is 2. The lowest BCUT2D eigenvalue weighted by Crippen LogP contribution is -2.37. The average Bonchev–Trinajstić information content (AvgIpc) is 2.57. The average molecular weight is 378 g/mol. The number of hydrogen-bond donors (Lipinski definition) is 4. The van der Waals surface area contributed by atoms with Crippen molar-refractivity contribution in [1.29, 1.82) is 0 Å². The highest BCUT2D eigenvalue weighted by atomic mass is 19.3. The molecular formula is C17H20F2N6O2. The summed E-state index contributed by atoms with van der Waals surface area (Å²) in [5, 5.41) is 5.43. The lowest BCUT2D eigenvalue weighted by atomic mass is 10.1. The number of halogens is 2. The maximum atomic E-state index is 12.6. The molecule has 0 radical (unpaired) electrons. The van der Waals surface area contributed by atoms with Gasteiger partial charge in [-0.25, -0.2) is 18.7 Å². The van der Waals surface area contributed by atoms with Crippen molar-refractivity contribution in [2.45, 2.75) is 32.7 Å². The molecule has 0 aliphatic heterocycles. The van der Waals surface area contributed by atoms with Crippen LogP contribution in [0.3, 0.4) is 0 Å². The summed E-state index contributed by atoms with van der Waals surface area (Å²) in [6.45, 7) is 3.87. The molecule has 0 bridgehead atoms. The van der Waals surface area contributed by atoms with Crippen molar-refractivity contribution in [3.05, 3.63) is 41.2 Å². The van der Waals surface area contributed by atoms with Crippen LogP contribution in [0.15, 0.2) is 24.4 Å². The number of hydrogen-bond acceptors (Lipinski definition) is 6. The van der Waals surface area contributed by atoms with Crippen LogP contribution in [0, 0.1) is 13.8 Å². The number of rotatable bonds is 8. The third-order valence-corrected chi connectivity index (χ3v) is 3.85. The summed E-state index contributed by atoms with van der Waals surface area (Å²) in [7, 11) is 0. The van der Waals surface area contributed by atoms with Gasteiger partial charge in [0.25, 0.3) is 5.91 Å². The number of nitrogens with zero attached hydrogens (tertiary/aromatic N) is 2. The van der Waals surface area contributed by atoms with Gasteiger partial charge < -0.3 is 22.1 Å². The van der Waals surface area contributed by atoms with E-state index < -0.39 is 30.7 Å². The van der Waals surface area contributed by atoms with Gasteiger partial charge >= 0.3 is 0 Å². The molecule has 0 saturated heterocycles. The molecule has 1 aromatic carbocycles. The van der Waals surface area contributed by atoms with E-state index in [1.807, 2.05) is 26.0 Å². The number of anilines is 3. The predicted molar refractivity (Wildman–Crippen MR) is 97.0 cm³/mol. The molecular weight excluding hydrogens is 358 g/mol. The minimum absolute atomic E-state index is 0.00390. The monoisotopic (exact) mass is 378 g/mol. The first-order valence-corrected chi connectivity index (χ1v) is 8.02. The van der Waals surface area contributed by atoms with Crippen LogP contribution in [-0.2, 0) is 4.79 Å². The van der Waals surface area contributed by atoms with E-state index in [2.05, 4.69) is 20.6 Å². The van der Waals surface area contributed by atoms with Gasteiger partial charge in [-0.05, 0) is 37.1 Å². The summed E-state index contributed by atoms with van der Waals surface area (Å²) < 4.78 is 25.2. The van der Waals surface area contributed by atoms with E-state index in [4.69, 9.17) is 11.5 Å². The topological polar surface area (TPSA) is 136 Å².